The topological polar surface area (TPSA) is 35.8 Å². The summed E-state index contributed by atoms with van der Waals surface area (Å²) in [6, 6.07) is 19.0. The van der Waals surface area contributed by atoms with Crippen molar-refractivity contribution in [2.24, 2.45) is 4.99 Å². The lowest BCUT2D eigenvalue weighted by molar-refractivity contribution is -0.0552. The molecule has 0 bridgehead atoms. The molecule has 2 aromatic carbocycles. The van der Waals surface area contributed by atoms with Crippen molar-refractivity contribution in [1.29, 1.82) is 0 Å². The second-order valence-electron chi connectivity index (χ2n) is 6.94. The summed E-state index contributed by atoms with van der Waals surface area (Å²) in [6.45, 7) is 3.84. The number of benzene rings is 2. The number of rotatable bonds is 3. The highest BCUT2D eigenvalue weighted by molar-refractivity contribution is 8.14. The molecule has 1 fully saturated rings. The quantitative estimate of drug-likeness (QED) is 0.906. The van der Waals surface area contributed by atoms with E-state index in [9.17, 15) is 5.11 Å². The first-order chi connectivity index (χ1) is 12.2. The number of fused-ring (bicyclic) bond motifs is 1. The minimum atomic E-state index is -0.940. The fourth-order valence-electron chi connectivity index (χ4n) is 3.84. The predicted molar refractivity (Wildman–Crippen MR) is 105 cm³/mol. The van der Waals surface area contributed by atoms with Gasteiger partial charge in [0.05, 0.1) is 5.92 Å². The molecule has 2 aromatic rings. The Balaban J connectivity index is 1.81. The van der Waals surface area contributed by atoms with E-state index in [-0.39, 0.29) is 5.92 Å². The van der Waals surface area contributed by atoms with Crippen molar-refractivity contribution in [2.45, 2.75) is 31.4 Å². The Morgan fingerprint density at radius 3 is 2.52 bits per heavy atom. The van der Waals surface area contributed by atoms with E-state index >= 15 is 0 Å². The molecule has 2 atom stereocenters. The first-order valence-corrected chi connectivity index (χ1v) is 9.96. The van der Waals surface area contributed by atoms with Gasteiger partial charge in [-0.15, -0.1) is 0 Å². The van der Waals surface area contributed by atoms with E-state index in [0.717, 1.165) is 42.2 Å². The zero-order valence-electron chi connectivity index (χ0n) is 14.6. The Morgan fingerprint density at radius 1 is 1.04 bits per heavy atom. The maximum absolute atomic E-state index is 11.9. The standard InChI is InChI=1S/C21H24N2OS/c1-16-9-11-18(12-10-16)19(17-7-3-2-4-8-17)21(24)15-25-20-22-13-5-6-14-23(20)21/h2-4,7-12,19,24H,5-6,13-15H2,1H3. The number of nitrogens with zero attached hydrogens (tertiary/aromatic N) is 2. The van der Waals surface area contributed by atoms with E-state index < -0.39 is 5.72 Å². The van der Waals surface area contributed by atoms with Gasteiger partial charge in [0.15, 0.2) is 10.9 Å². The average Bonchev–Trinajstić information content (AvgIpc) is 2.81. The molecule has 2 unspecified atom stereocenters. The highest BCUT2D eigenvalue weighted by atomic mass is 32.2. The van der Waals surface area contributed by atoms with E-state index in [1.165, 1.54) is 5.56 Å². The molecule has 1 N–H and O–H groups in total. The Labute approximate surface area is 153 Å². The highest BCUT2D eigenvalue weighted by Crippen LogP contribution is 2.45. The van der Waals surface area contributed by atoms with Gasteiger partial charge in [-0.05, 0) is 30.9 Å². The second kappa shape index (κ2) is 6.85. The summed E-state index contributed by atoms with van der Waals surface area (Å²) in [5.41, 5.74) is 2.61. The fourth-order valence-corrected chi connectivity index (χ4v) is 5.09. The Hall–Kier alpha value is -1.78. The fraction of sp³-hybridized carbons (Fsp3) is 0.381. The first-order valence-electron chi connectivity index (χ1n) is 8.97. The molecular weight excluding hydrogens is 328 g/mol. The molecule has 0 aliphatic carbocycles. The number of hydrogen-bond donors (Lipinski definition) is 1. The lowest BCUT2D eigenvalue weighted by atomic mass is 9.82. The van der Waals surface area contributed by atoms with Gasteiger partial charge in [0.1, 0.15) is 0 Å². The van der Waals surface area contributed by atoms with Gasteiger partial charge in [0.25, 0.3) is 0 Å². The van der Waals surface area contributed by atoms with E-state index in [1.807, 2.05) is 6.07 Å². The highest BCUT2D eigenvalue weighted by Gasteiger charge is 2.50. The molecule has 25 heavy (non-hydrogen) atoms. The molecule has 2 heterocycles. The van der Waals surface area contributed by atoms with Gasteiger partial charge >= 0.3 is 0 Å². The largest absolute Gasteiger partial charge is 0.369 e. The smallest absolute Gasteiger partial charge is 0.161 e. The van der Waals surface area contributed by atoms with Crippen molar-refractivity contribution >= 4 is 16.9 Å². The number of amidine groups is 1. The van der Waals surface area contributed by atoms with Crippen LogP contribution in [-0.2, 0) is 0 Å². The van der Waals surface area contributed by atoms with E-state index in [0.29, 0.717) is 5.75 Å². The number of aryl methyl sites for hydroxylation is 1. The maximum atomic E-state index is 11.9. The summed E-state index contributed by atoms with van der Waals surface area (Å²) < 4.78 is 0. The molecule has 0 radical (unpaired) electrons. The van der Waals surface area contributed by atoms with Crippen LogP contribution >= 0.6 is 11.8 Å². The molecule has 3 nitrogen and oxygen atoms in total. The second-order valence-corrected chi connectivity index (χ2v) is 7.89. The van der Waals surface area contributed by atoms with E-state index in [2.05, 4.69) is 60.4 Å². The molecule has 4 rings (SSSR count). The first kappa shape index (κ1) is 16.7. The van der Waals surface area contributed by atoms with Crippen molar-refractivity contribution in [1.82, 2.24) is 4.90 Å². The Kier molecular flexibility index (Phi) is 4.57. The molecule has 0 aromatic heterocycles. The lowest BCUT2D eigenvalue weighted by Crippen LogP contribution is -2.52. The Bertz CT molecular complexity index is 759. The summed E-state index contributed by atoms with van der Waals surface area (Å²) in [5.74, 6) is 0.562. The third kappa shape index (κ3) is 3.09. The number of hydrogen-bond acceptors (Lipinski definition) is 4. The van der Waals surface area contributed by atoms with E-state index in [4.69, 9.17) is 4.99 Å². The van der Waals surface area contributed by atoms with Crippen LogP contribution in [0.25, 0.3) is 0 Å². The Morgan fingerprint density at radius 2 is 1.76 bits per heavy atom. The molecule has 0 saturated carbocycles. The molecule has 2 aliphatic heterocycles. The summed E-state index contributed by atoms with van der Waals surface area (Å²) in [4.78, 5) is 6.86. The monoisotopic (exact) mass is 352 g/mol. The minimum absolute atomic E-state index is 0.0902. The summed E-state index contributed by atoms with van der Waals surface area (Å²) >= 11 is 1.69. The normalized spacial score (nSPS) is 24.4. The van der Waals surface area contributed by atoms with Crippen LogP contribution < -0.4 is 0 Å². The summed E-state index contributed by atoms with van der Waals surface area (Å²) in [6.07, 6.45) is 2.17. The van der Waals surface area contributed by atoms with E-state index in [1.54, 1.807) is 11.8 Å². The number of aliphatic hydroxyl groups is 1. The van der Waals surface area contributed by atoms with Crippen LogP contribution in [0.1, 0.15) is 35.4 Å². The van der Waals surface area contributed by atoms with Crippen molar-refractivity contribution in [3.63, 3.8) is 0 Å². The van der Waals surface area contributed by atoms with Crippen LogP contribution in [0.4, 0.5) is 0 Å². The van der Waals surface area contributed by atoms with Gasteiger partial charge < -0.3 is 10.0 Å². The molecule has 0 spiro atoms. The third-order valence-corrected chi connectivity index (χ3v) is 6.33. The van der Waals surface area contributed by atoms with Crippen LogP contribution in [0.3, 0.4) is 0 Å². The maximum Gasteiger partial charge on any atom is 0.161 e. The van der Waals surface area contributed by atoms with Gasteiger partial charge in [-0.25, -0.2) is 0 Å². The zero-order valence-corrected chi connectivity index (χ0v) is 15.4. The van der Waals surface area contributed by atoms with Crippen LogP contribution in [0.15, 0.2) is 59.6 Å². The van der Waals surface area contributed by atoms with Crippen LogP contribution in [0.2, 0.25) is 0 Å². The molecule has 4 heteroatoms. The zero-order chi connectivity index (χ0) is 17.3. The van der Waals surface area contributed by atoms with Crippen LogP contribution in [0, 0.1) is 6.92 Å². The molecule has 0 amide bonds. The summed E-state index contributed by atoms with van der Waals surface area (Å²) in [5, 5.41) is 12.9. The minimum Gasteiger partial charge on any atom is -0.369 e. The van der Waals surface area contributed by atoms with Crippen molar-refractivity contribution in [3.05, 3.63) is 71.3 Å². The SMILES string of the molecule is Cc1ccc(C(c2ccccc2)C2(O)CSC3=NCCCCN32)cc1. The van der Waals surface area contributed by atoms with Crippen molar-refractivity contribution in [3.8, 4) is 0 Å². The van der Waals surface area contributed by atoms with Gasteiger partial charge in [-0.3, -0.25) is 4.99 Å². The van der Waals surface area contributed by atoms with Crippen LogP contribution in [0.5, 0.6) is 0 Å². The third-order valence-electron chi connectivity index (χ3n) is 5.15. The molecule has 2 aliphatic rings. The average molecular weight is 353 g/mol. The predicted octanol–water partition coefficient (Wildman–Crippen LogP) is 4.01. The van der Waals surface area contributed by atoms with Gasteiger partial charge in [-0.2, -0.15) is 0 Å². The molecule has 1 saturated heterocycles. The van der Waals surface area contributed by atoms with Crippen molar-refractivity contribution in [2.75, 3.05) is 18.8 Å². The van der Waals surface area contributed by atoms with Crippen molar-refractivity contribution < 1.29 is 5.11 Å². The van der Waals surface area contributed by atoms with Gasteiger partial charge in [0.2, 0.25) is 0 Å². The number of aliphatic imine (C=N–C) groups is 1. The lowest BCUT2D eigenvalue weighted by Gasteiger charge is -2.40. The van der Waals surface area contributed by atoms with Gasteiger partial charge in [-0.1, -0.05) is 71.9 Å². The molecule has 130 valence electrons. The molecular formula is C21H24N2OS. The van der Waals surface area contributed by atoms with Gasteiger partial charge in [0, 0.05) is 18.8 Å². The number of thioether (sulfide) groups is 1. The summed E-state index contributed by atoms with van der Waals surface area (Å²) in [7, 11) is 0. The van der Waals surface area contributed by atoms with Crippen LogP contribution in [-0.4, -0.2) is 39.7 Å².